The Hall–Kier alpha value is -2.91. The van der Waals surface area contributed by atoms with Crippen molar-refractivity contribution in [2.24, 2.45) is 0 Å². The summed E-state index contributed by atoms with van der Waals surface area (Å²) in [7, 11) is -2.42. The van der Waals surface area contributed by atoms with Crippen LogP contribution >= 0.6 is 11.6 Å². The number of hydrogen-bond acceptors (Lipinski definition) is 5. The monoisotopic (exact) mass is 488 g/mol. The van der Waals surface area contributed by atoms with Gasteiger partial charge in [-0.25, -0.2) is 8.42 Å². The molecule has 1 amide bonds. The molecule has 3 rings (SSSR count). The third-order valence-electron chi connectivity index (χ3n) is 4.74. The minimum Gasteiger partial charge on any atom is -0.491 e. The van der Waals surface area contributed by atoms with Crippen LogP contribution in [0.15, 0.2) is 83.8 Å². The van der Waals surface area contributed by atoms with Gasteiger partial charge in [0.15, 0.2) is 0 Å². The highest BCUT2D eigenvalue weighted by Crippen LogP contribution is 2.20. The summed E-state index contributed by atoms with van der Waals surface area (Å²) in [5.74, 6) is 0.0468. The lowest BCUT2D eigenvalue weighted by molar-refractivity contribution is -0.123. The van der Waals surface area contributed by atoms with Crippen LogP contribution in [0.25, 0.3) is 0 Å². The number of hydrogen-bond donors (Lipinski definition) is 2. The molecule has 0 aliphatic rings. The van der Waals surface area contributed by atoms with E-state index in [0.29, 0.717) is 29.5 Å². The first-order valence-corrected chi connectivity index (χ1v) is 12.1. The Balaban J connectivity index is 1.75. The van der Waals surface area contributed by atoms with Gasteiger partial charge in [-0.15, -0.1) is 0 Å². The lowest BCUT2D eigenvalue weighted by Gasteiger charge is -2.19. The minimum absolute atomic E-state index is 0.0213. The number of amides is 1. The van der Waals surface area contributed by atoms with Crippen LogP contribution in [0, 0.1) is 0 Å². The summed E-state index contributed by atoms with van der Waals surface area (Å²) in [6, 6.07) is 20.6. The molecule has 0 bridgehead atoms. The van der Waals surface area contributed by atoms with E-state index in [1.165, 1.54) is 12.1 Å². The van der Waals surface area contributed by atoms with Crippen molar-refractivity contribution in [3.63, 3.8) is 0 Å². The zero-order valence-corrected chi connectivity index (χ0v) is 19.6. The molecule has 9 heteroatoms. The Labute approximate surface area is 198 Å². The first-order chi connectivity index (χ1) is 15.9. The molecule has 7 nitrogen and oxygen atoms in total. The highest BCUT2D eigenvalue weighted by molar-refractivity contribution is 7.89. The number of methoxy groups -OCH3 is 1. The van der Waals surface area contributed by atoms with Crippen molar-refractivity contribution in [3.8, 4) is 5.75 Å². The molecule has 0 aliphatic carbocycles. The Morgan fingerprint density at radius 3 is 2.24 bits per heavy atom. The quantitative estimate of drug-likeness (QED) is 0.401. The fraction of sp³-hybridized carbons (Fsp3) is 0.208. The van der Waals surface area contributed by atoms with Crippen LogP contribution in [0.3, 0.4) is 0 Å². The summed E-state index contributed by atoms with van der Waals surface area (Å²) in [6.07, 6.45) is 0. The molecule has 0 spiro atoms. The van der Waals surface area contributed by atoms with Crippen molar-refractivity contribution >= 4 is 27.5 Å². The van der Waals surface area contributed by atoms with Gasteiger partial charge in [-0.05, 0) is 47.5 Å². The average Bonchev–Trinajstić information content (AvgIpc) is 2.83. The maximum Gasteiger partial charge on any atom is 0.243 e. The van der Waals surface area contributed by atoms with Gasteiger partial charge in [-0.3, -0.25) is 4.79 Å². The van der Waals surface area contributed by atoms with Crippen LogP contribution in [-0.4, -0.2) is 34.6 Å². The van der Waals surface area contributed by atoms with Crippen LogP contribution in [0.5, 0.6) is 5.75 Å². The second kappa shape index (κ2) is 11.8. The number of carbonyl (C=O) groups is 1. The Kier molecular flexibility index (Phi) is 8.85. The SMILES string of the molecule is COCCOc1ccc(S(=O)(=O)N[C@@H](C(=O)NCc2ccc(Cl)cc2)c2ccccc2)cc1. The largest absolute Gasteiger partial charge is 0.491 e. The summed E-state index contributed by atoms with van der Waals surface area (Å²) in [5.41, 5.74) is 1.36. The van der Waals surface area contributed by atoms with Crippen LogP contribution in [0.1, 0.15) is 17.2 Å². The maximum absolute atomic E-state index is 13.0. The fourth-order valence-electron chi connectivity index (χ4n) is 2.99. The van der Waals surface area contributed by atoms with Crippen LogP contribution < -0.4 is 14.8 Å². The molecule has 0 saturated heterocycles. The summed E-state index contributed by atoms with van der Waals surface area (Å²) < 4.78 is 39.0. The van der Waals surface area contributed by atoms with Crippen LogP contribution in [-0.2, 0) is 26.1 Å². The normalized spacial score (nSPS) is 12.2. The summed E-state index contributed by atoms with van der Waals surface area (Å²) >= 11 is 5.90. The van der Waals surface area contributed by atoms with Gasteiger partial charge in [0.1, 0.15) is 18.4 Å². The number of nitrogens with one attached hydrogen (secondary N) is 2. The molecule has 0 saturated carbocycles. The highest BCUT2D eigenvalue weighted by atomic mass is 35.5. The Morgan fingerprint density at radius 2 is 1.61 bits per heavy atom. The molecule has 0 aromatic heterocycles. The van der Waals surface area contributed by atoms with Crippen molar-refractivity contribution in [2.75, 3.05) is 20.3 Å². The van der Waals surface area contributed by atoms with Crippen molar-refractivity contribution in [2.45, 2.75) is 17.5 Å². The second-order valence-electron chi connectivity index (χ2n) is 7.12. The molecule has 0 heterocycles. The standard InChI is InChI=1S/C24H25ClN2O5S/c1-31-15-16-32-21-11-13-22(14-12-21)33(29,30)27-23(19-5-3-2-4-6-19)24(28)26-17-18-7-9-20(25)10-8-18/h2-14,23,27H,15-17H2,1H3,(H,26,28)/t23-/m1/s1. The number of rotatable bonds is 11. The lowest BCUT2D eigenvalue weighted by atomic mass is 10.1. The van der Waals surface area contributed by atoms with Crippen molar-refractivity contribution < 1.29 is 22.7 Å². The number of halogens is 1. The molecule has 0 fully saturated rings. The average molecular weight is 489 g/mol. The van der Waals surface area contributed by atoms with E-state index in [0.717, 1.165) is 5.56 Å². The molecular formula is C24H25ClN2O5S. The molecule has 1 atom stereocenters. The van der Waals surface area contributed by atoms with E-state index in [2.05, 4.69) is 10.0 Å². The third kappa shape index (κ3) is 7.30. The van der Waals surface area contributed by atoms with E-state index in [1.807, 2.05) is 0 Å². The molecule has 2 N–H and O–H groups in total. The summed E-state index contributed by atoms with van der Waals surface area (Å²) in [4.78, 5) is 13.0. The van der Waals surface area contributed by atoms with Crippen molar-refractivity contribution in [1.29, 1.82) is 0 Å². The van der Waals surface area contributed by atoms with E-state index in [1.54, 1.807) is 73.8 Å². The molecule has 3 aromatic rings. The first-order valence-electron chi connectivity index (χ1n) is 10.2. The zero-order chi connectivity index (χ0) is 23.7. The number of sulfonamides is 1. The molecule has 0 unspecified atom stereocenters. The predicted molar refractivity (Wildman–Crippen MR) is 127 cm³/mol. The van der Waals surface area contributed by atoms with Gasteiger partial charge in [0, 0.05) is 18.7 Å². The number of ether oxygens (including phenoxy) is 2. The summed E-state index contributed by atoms with van der Waals surface area (Å²) in [6.45, 7) is 1.00. The minimum atomic E-state index is -3.99. The van der Waals surface area contributed by atoms with Crippen molar-refractivity contribution in [1.82, 2.24) is 10.0 Å². The van der Waals surface area contributed by atoms with E-state index in [-0.39, 0.29) is 11.4 Å². The number of carbonyl (C=O) groups excluding carboxylic acids is 1. The third-order valence-corrected chi connectivity index (χ3v) is 6.43. The Bertz CT molecular complexity index is 1140. The Morgan fingerprint density at radius 1 is 0.939 bits per heavy atom. The topological polar surface area (TPSA) is 93.7 Å². The summed E-state index contributed by atoms with van der Waals surface area (Å²) in [5, 5.41) is 3.38. The lowest BCUT2D eigenvalue weighted by Crippen LogP contribution is -2.40. The highest BCUT2D eigenvalue weighted by Gasteiger charge is 2.27. The molecule has 174 valence electrons. The van der Waals surface area contributed by atoms with E-state index >= 15 is 0 Å². The van der Waals surface area contributed by atoms with E-state index in [9.17, 15) is 13.2 Å². The van der Waals surface area contributed by atoms with Crippen LogP contribution in [0.2, 0.25) is 5.02 Å². The zero-order valence-electron chi connectivity index (χ0n) is 18.0. The van der Waals surface area contributed by atoms with Gasteiger partial charge in [0.2, 0.25) is 15.9 Å². The molecule has 0 radical (unpaired) electrons. The predicted octanol–water partition coefficient (Wildman–Crippen LogP) is 3.70. The smallest absolute Gasteiger partial charge is 0.243 e. The molecule has 33 heavy (non-hydrogen) atoms. The molecular weight excluding hydrogens is 464 g/mol. The van der Waals surface area contributed by atoms with E-state index in [4.69, 9.17) is 21.1 Å². The van der Waals surface area contributed by atoms with Gasteiger partial charge in [-0.1, -0.05) is 54.1 Å². The van der Waals surface area contributed by atoms with Crippen molar-refractivity contribution in [3.05, 3.63) is 95.0 Å². The second-order valence-corrected chi connectivity index (χ2v) is 9.27. The molecule has 0 aliphatic heterocycles. The number of benzene rings is 3. The van der Waals surface area contributed by atoms with Gasteiger partial charge < -0.3 is 14.8 Å². The van der Waals surface area contributed by atoms with Gasteiger partial charge in [-0.2, -0.15) is 4.72 Å². The molecule has 3 aromatic carbocycles. The van der Waals surface area contributed by atoms with Crippen LogP contribution in [0.4, 0.5) is 0 Å². The van der Waals surface area contributed by atoms with Gasteiger partial charge in [0.05, 0.1) is 11.5 Å². The maximum atomic E-state index is 13.0. The van der Waals surface area contributed by atoms with Gasteiger partial charge in [0.25, 0.3) is 0 Å². The first kappa shape index (κ1) is 24.7. The van der Waals surface area contributed by atoms with Gasteiger partial charge >= 0.3 is 0 Å². The van der Waals surface area contributed by atoms with E-state index < -0.39 is 22.0 Å². The fourth-order valence-corrected chi connectivity index (χ4v) is 4.30.